The molecule has 0 fully saturated rings. The summed E-state index contributed by atoms with van der Waals surface area (Å²) in [6, 6.07) is 2.41. The van der Waals surface area contributed by atoms with Gasteiger partial charge in [-0.25, -0.2) is 4.98 Å². The van der Waals surface area contributed by atoms with Gasteiger partial charge in [0.15, 0.2) is 0 Å². The number of hydrogen-bond donors (Lipinski definition) is 3. The summed E-state index contributed by atoms with van der Waals surface area (Å²) in [6.45, 7) is 3.59. The molecule has 2 amide bonds. The molecule has 1 aromatic heterocycles. The summed E-state index contributed by atoms with van der Waals surface area (Å²) >= 11 is 0. The Morgan fingerprint density at radius 2 is 2.06 bits per heavy atom. The zero-order valence-electron chi connectivity index (χ0n) is 9.81. The number of rotatable bonds is 4. The third kappa shape index (κ3) is 3.17. The van der Waals surface area contributed by atoms with E-state index in [0.717, 1.165) is 0 Å². The molecule has 0 aliphatic heterocycles. The van der Waals surface area contributed by atoms with Crippen LogP contribution in [0, 0.1) is 5.92 Å². The van der Waals surface area contributed by atoms with Crippen LogP contribution >= 0.6 is 0 Å². The average molecular weight is 236 g/mol. The molecule has 0 saturated heterocycles. The van der Waals surface area contributed by atoms with Crippen LogP contribution in [-0.2, 0) is 4.79 Å². The fraction of sp³-hybridized carbons (Fsp3) is 0.364. The van der Waals surface area contributed by atoms with Gasteiger partial charge in [-0.3, -0.25) is 9.59 Å². The molecular formula is C11H16N4O2. The zero-order valence-corrected chi connectivity index (χ0v) is 9.81. The van der Waals surface area contributed by atoms with Crippen molar-refractivity contribution >= 4 is 17.6 Å². The number of nitrogen functional groups attached to an aromatic ring is 1. The van der Waals surface area contributed by atoms with Crippen molar-refractivity contribution in [3.05, 3.63) is 23.9 Å². The fourth-order valence-electron chi connectivity index (χ4n) is 1.39. The number of primary amides is 1. The number of carbonyl (C=O) groups is 2. The number of anilines is 1. The van der Waals surface area contributed by atoms with E-state index in [0.29, 0.717) is 0 Å². The number of amides is 2. The van der Waals surface area contributed by atoms with Crippen molar-refractivity contribution in [3.8, 4) is 0 Å². The van der Waals surface area contributed by atoms with Gasteiger partial charge in [-0.1, -0.05) is 13.8 Å². The summed E-state index contributed by atoms with van der Waals surface area (Å²) in [7, 11) is 0. The molecule has 0 aromatic carbocycles. The SMILES string of the molecule is CC(C)C(NC(=O)c1cccnc1N)C(N)=O. The van der Waals surface area contributed by atoms with Gasteiger partial charge in [0.25, 0.3) is 5.91 Å². The number of nitrogens with zero attached hydrogens (tertiary/aromatic N) is 1. The molecule has 1 atom stereocenters. The molecule has 1 rings (SSSR count). The van der Waals surface area contributed by atoms with E-state index < -0.39 is 17.9 Å². The summed E-state index contributed by atoms with van der Waals surface area (Å²) in [6.07, 6.45) is 1.49. The number of aromatic nitrogens is 1. The predicted octanol–water partition coefficient (Wildman–Crippen LogP) is -0.0965. The van der Waals surface area contributed by atoms with Crippen molar-refractivity contribution < 1.29 is 9.59 Å². The van der Waals surface area contributed by atoms with Crippen LogP contribution in [0.2, 0.25) is 0 Å². The van der Waals surface area contributed by atoms with Gasteiger partial charge in [-0.15, -0.1) is 0 Å². The van der Waals surface area contributed by atoms with Crippen molar-refractivity contribution in [1.82, 2.24) is 10.3 Å². The lowest BCUT2D eigenvalue weighted by molar-refractivity contribution is -0.120. The second kappa shape index (κ2) is 5.29. The van der Waals surface area contributed by atoms with E-state index in [2.05, 4.69) is 10.3 Å². The smallest absolute Gasteiger partial charge is 0.255 e. The number of nitrogens with two attached hydrogens (primary N) is 2. The van der Waals surface area contributed by atoms with Crippen molar-refractivity contribution in [2.45, 2.75) is 19.9 Å². The molecule has 1 aromatic rings. The molecule has 0 saturated carbocycles. The molecule has 0 aliphatic carbocycles. The largest absolute Gasteiger partial charge is 0.383 e. The van der Waals surface area contributed by atoms with E-state index in [4.69, 9.17) is 11.5 Å². The van der Waals surface area contributed by atoms with Crippen molar-refractivity contribution in [2.75, 3.05) is 5.73 Å². The second-order valence-electron chi connectivity index (χ2n) is 4.03. The van der Waals surface area contributed by atoms with E-state index in [-0.39, 0.29) is 17.3 Å². The van der Waals surface area contributed by atoms with E-state index >= 15 is 0 Å². The Labute approximate surface area is 99.4 Å². The molecular weight excluding hydrogens is 220 g/mol. The monoisotopic (exact) mass is 236 g/mol. The maximum atomic E-state index is 11.8. The van der Waals surface area contributed by atoms with Crippen LogP contribution < -0.4 is 16.8 Å². The fourth-order valence-corrected chi connectivity index (χ4v) is 1.39. The second-order valence-corrected chi connectivity index (χ2v) is 4.03. The minimum atomic E-state index is -0.720. The number of nitrogens with one attached hydrogen (secondary N) is 1. The Morgan fingerprint density at radius 1 is 1.41 bits per heavy atom. The Hall–Kier alpha value is -2.11. The predicted molar refractivity (Wildman–Crippen MR) is 63.9 cm³/mol. The quantitative estimate of drug-likeness (QED) is 0.678. The number of hydrogen-bond acceptors (Lipinski definition) is 4. The molecule has 5 N–H and O–H groups in total. The van der Waals surface area contributed by atoms with Crippen molar-refractivity contribution in [3.63, 3.8) is 0 Å². The van der Waals surface area contributed by atoms with E-state index in [9.17, 15) is 9.59 Å². The Kier molecular flexibility index (Phi) is 4.03. The minimum Gasteiger partial charge on any atom is -0.383 e. The molecule has 1 heterocycles. The zero-order chi connectivity index (χ0) is 13.0. The summed E-state index contributed by atoms with van der Waals surface area (Å²) < 4.78 is 0. The number of pyridine rings is 1. The average Bonchev–Trinajstić information content (AvgIpc) is 2.25. The molecule has 17 heavy (non-hydrogen) atoms. The molecule has 0 bridgehead atoms. The Morgan fingerprint density at radius 3 is 2.53 bits per heavy atom. The van der Waals surface area contributed by atoms with Gasteiger partial charge in [-0.2, -0.15) is 0 Å². The molecule has 0 aliphatic rings. The highest BCUT2D eigenvalue weighted by Crippen LogP contribution is 2.08. The van der Waals surface area contributed by atoms with Crippen LogP contribution in [0.1, 0.15) is 24.2 Å². The lowest BCUT2D eigenvalue weighted by Crippen LogP contribution is -2.47. The van der Waals surface area contributed by atoms with Crippen LogP contribution in [0.15, 0.2) is 18.3 Å². The van der Waals surface area contributed by atoms with E-state index in [1.54, 1.807) is 19.9 Å². The number of carbonyl (C=O) groups excluding carboxylic acids is 2. The molecule has 92 valence electrons. The maximum absolute atomic E-state index is 11.8. The normalized spacial score (nSPS) is 12.2. The highest BCUT2D eigenvalue weighted by molar-refractivity contribution is 6.00. The van der Waals surface area contributed by atoms with Gasteiger partial charge in [0.05, 0.1) is 5.56 Å². The molecule has 6 nitrogen and oxygen atoms in total. The topological polar surface area (TPSA) is 111 Å². The highest BCUT2D eigenvalue weighted by Gasteiger charge is 2.23. The standard InChI is InChI=1S/C11H16N4O2/c1-6(2)8(10(13)16)15-11(17)7-4-3-5-14-9(7)12/h3-6,8H,1-2H3,(H2,12,14)(H2,13,16)(H,15,17). The molecule has 6 heteroatoms. The first-order valence-corrected chi connectivity index (χ1v) is 5.24. The van der Waals surface area contributed by atoms with Crippen molar-refractivity contribution in [1.29, 1.82) is 0 Å². The first-order valence-electron chi connectivity index (χ1n) is 5.24. The van der Waals surface area contributed by atoms with Gasteiger partial charge < -0.3 is 16.8 Å². The summed E-state index contributed by atoms with van der Waals surface area (Å²) in [5, 5.41) is 2.54. The minimum absolute atomic E-state index is 0.0886. The third-order valence-corrected chi connectivity index (χ3v) is 2.34. The Balaban J connectivity index is 2.85. The lowest BCUT2D eigenvalue weighted by Gasteiger charge is -2.19. The molecule has 0 radical (unpaired) electrons. The van der Waals surface area contributed by atoms with Gasteiger partial charge in [0.1, 0.15) is 11.9 Å². The lowest BCUT2D eigenvalue weighted by atomic mass is 10.0. The highest BCUT2D eigenvalue weighted by atomic mass is 16.2. The van der Waals surface area contributed by atoms with Crippen LogP contribution in [0.5, 0.6) is 0 Å². The van der Waals surface area contributed by atoms with Gasteiger partial charge in [0, 0.05) is 6.20 Å². The van der Waals surface area contributed by atoms with Gasteiger partial charge >= 0.3 is 0 Å². The van der Waals surface area contributed by atoms with Gasteiger partial charge in [-0.05, 0) is 18.1 Å². The van der Waals surface area contributed by atoms with E-state index in [1.165, 1.54) is 12.3 Å². The van der Waals surface area contributed by atoms with Crippen LogP contribution in [0.3, 0.4) is 0 Å². The summed E-state index contributed by atoms with van der Waals surface area (Å²) in [5.74, 6) is -0.991. The maximum Gasteiger partial charge on any atom is 0.255 e. The summed E-state index contributed by atoms with van der Waals surface area (Å²) in [4.78, 5) is 26.8. The summed E-state index contributed by atoms with van der Waals surface area (Å²) in [5.41, 5.74) is 11.0. The van der Waals surface area contributed by atoms with Crippen LogP contribution in [0.25, 0.3) is 0 Å². The van der Waals surface area contributed by atoms with Crippen LogP contribution in [-0.4, -0.2) is 22.8 Å². The molecule has 0 spiro atoms. The van der Waals surface area contributed by atoms with Crippen molar-refractivity contribution in [2.24, 2.45) is 11.7 Å². The van der Waals surface area contributed by atoms with Crippen LogP contribution in [0.4, 0.5) is 5.82 Å². The first-order chi connectivity index (χ1) is 7.93. The molecule has 1 unspecified atom stereocenters. The Bertz CT molecular complexity index is 431. The first kappa shape index (κ1) is 13.0. The van der Waals surface area contributed by atoms with E-state index in [1.807, 2.05) is 0 Å². The van der Waals surface area contributed by atoms with Gasteiger partial charge in [0.2, 0.25) is 5.91 Å². The third-order valence-electron chi connectivity index (χ3n) is 2.34.